The van der Waals surface area contributed by atoms with Crippen molar-refractivity contribution in [1.82, 2.24) is 9.97 Å². The number of thiophene rings is 1. The Balaban J connectivity index is 1.02. The second-order valence-corrected chi connectivity index (χ2v) is 16.3. The maximum absolute atomic E-state index is 6.59. The minimum atomic E-state index is -0.132. The fourth-order valence-corrected chi connectivity index (χ4v) is 10.2. The van der Waals surface area contributed by atoms with Gasteiger partial charge in [-0.25, -0.2) is 9.97 Å². The molecule has 4 heteroatoms. The highest BCUT2D eigenvalue weighted by molar-refractivity contribution is 7.13. The van der Waals surface area contributed by atoms with E-state index in [9.17, 15) is 0 Å². The third kappa shape index (κ3) is 4.78. The van der Waals surface area contributed by atoms with Gasteiger partial charge in [0, 0.05) is 48.5 Å². The molecule has 11 rings (SSSR count). The monoisotopic (exact) mass is 700 g/mol. The van der Waals surface area contributed by atoms with Crippen molar-refractivity contribution in [3.8, 4) is 44.9 Å². The van der Waals surface area contributed by atoms with E-state index in [2.05, 4.69) is 147 Å². The van der Waals surface area contributed by atoms with Gasteiger partial charge in [-0.2, -0.15) is 0 Å². The van der Waals surface area contributed by atoms with Crippen LogP contribution in [0.4, 0.5) is 0 Å². The first kappa shape index (κ1) is 30.8. The van der Waals surface area contributed by atoms with E-state index in [0.29, 0.717) is 0 Å². The SMILES string of the molecule is CC1(C)c2ccc(-c3cccc(-c4nc(-c5ccccc5)cc(C5C=Cc6sc7c(c6C5)C=CCC7)n4)c3)cc2-c2c1ccc1c2oc2ccccc21. The van der Waals surface area contributed by atoms with Gasteiger partial charge in [-0.15, -0.1) is 11.3 Å². The highest BCUT2D eigenvalue weighted by Gasteiger charge is 2.38. The molecule has 5 aromatic carbocycles. The first-order valence-electron chi connectivity index (χ1n) is 18.6. The number of nitrogens with zero attached hydrogens (tertiary/aromatic N) is 2. The third-order valence-corrected chi connectivity index (χ3v) is 13.0. The Morgan fingerprint density at radius 2 is 1.53 bits per heavy atom. The topological polar surface area (TPSA) is 38.9 Å². The third-order valence-electron chi connectivity index (χ3n) is 11.7. The second-order valence-electron chi connectivity index (χ2n) is 15.2. The molecule has 53 heavy (non-hydrogen) atoms. The van der Waals surface area contributed by atoms with E-state index in [-0.39, 0.29) is 11.3 Å². The molecule has 0 saturated heterocycles. The van der Waals surface area contributed by atoms with Gasteiger partial charge in [0.05, 0.1) is 11.4 Å². The maximum Gasteiger partial charge on any atom is 0.160 e. The number of fused-ring (bicyclic) bond motifs is 10. The predicted octanol–water partition coefficient (Wildman–Crippen LogP) is 13.1. The normalized spacial score (nSPS) is 16.5. The average Bonchev–Trinajstić information content (AvgIpc) is 3.85. The van der Waals surface area contributed by atoms with Gasteiger partial charge in [-0.1, -0.05) is 123 Å². The lowest BCUT2D eigenvalue weighted by atomic mass is 9.82. The van der Waals surface area contributed by atoms with Crippen LogP contribution >= 0.6 is 11.3 Å². The molecular weight excluding hydrogens is 665 g/mol. The van der Waals surface area contributed by atoms with Gasteiger partial charge in [0.2, 0.25) is 0 Å². The van der Waals surface area contributed by atoms with Crippen molar-refractivity contribution >= 4 is 45.4 Å². The van der Waals surface area contributed by atoms with Crippen LogP contribution in [0.1, 0.15) is 63.9 Å². The van der Waals surface area contributed by atoms with E-state index >= 15 is 0 Å². The minimum Gasteiger partial charge on any atom is -0.455 e. The van der Waals surface area contributed by atoms with E-state index in [4.69, 9.17) is 14.4 Å². The zero-order chi connectivity index (χ0) is 35.3. The molecule has 3 aromatic heterocycles. The van der Waals surface area contributed by atoms with Crippen molar-refractivity contribution in [2.24, 2.45) is 0 Å². The number of furan rings is 1. The molecule has 0 N–H and O–H groups in total. The summed E-state index contributed by atoms with van der Waals surface area (Å²) in [7, 11) is 0. The number of para-hydroxylation sites is 1. The summed E-state index contributed by atoms with van der Waals surface area (Å²) < 4.78 is 6.59. The Morgan fingerprint density at radius 1 is 0.717 bits per heavy atom. The number of hydrogen-bond donors (Lipinski definition) is 0. The Hall–Kier alpha value is -5.84. The summed E-state index contributed by atoms with van der Waals surface area (Å²) in [6.07, 6.45) is 12.6. The number of benzene rings is 5. The average molecular weight is 701 g/mol. The summed E-state index contributed by atoms with van der Waals surface area (Å²) in [6.45, 7) is 4.65. The smallest absolute Gasteiger partial charge is 0.160 e. The lowest BCUT2D eigenvalue weighted by Gasteiger charge is -2.21. The molecule has 254 valence electrons. The Morgan fingerprint density at radius 3 is 2.45 bits per heavy atom. The molecule has 0 saturated carbocycles. The molecule has 8 aromatic rings. The summed E-state index contributed by atoms with van der Waals surface area (Å²) in [4.78, 5) is 13.5. The van der Waals surface area contributed by atoms with Crippen molar-refractivity contribution in [2.45, 2.75) is 44.4 Å². The Labute approximate surface area is 313 Å². The summed E-state index contributed by atoms with van der Waals surface area (Å²) >= 11 is 1.96. The Bertz CT molecular complexity index is 2850. The quantitative estimate of drug-likeness (QED) is 0.183. The van der Waals surface area contributed by atoms with Crippen LogP contribution in [0.3, 0.4) is 0 Å². The number of allylic oxidation sites excluding steroid dienone is 2. The van der Waals surface area contributed by atoms with Gasteiger partial charge in [0.1, 0.15) is 11.2 Å². The van der Waals surface area contributed by atoms with Crippen LogP contribution in [0.2, 0.25) is 0 Å². The molecule has 3 aliphatic carbocycles. The summed E-state index contributed by atoms with van der Waals surface area (Å²) in [5.74, 6) is 0.936. The fourth-order valence-electron chi connectivity index (χ4n) is 8.96. The van der Waals surface area contributed by atoms with Crippen molar-refractivity contribution in [3.05, 3.63) is 165 Å². The molecule has 0 aliphatic heterocycles. The van der Waals surface area contributed by atoms with Crippen LogP contribution in [-0.2, 0) is 18.3 Å². The highest BCUT2D eigenvalue weighted by Crippen LogP contribution is 2.53. The molecule has 0 amide bonds. The molecule has 1 atom stereocenters. The largest absolute Gasteiger partial charge is 0.455 e. The second kappa shape index (κ2) is 11.6. The van der Waals surface area contributed by atoms with Crippen molar-refractivity contribution < 1.29 is 4.42 Å². The molecule has 0 spiro atoms. The van der Waals surface area contributed by atoms with Crippen LogP contribution in [0.15, 0.2) is 132 Å². The van der Waals surface area contributed by atoms with Crippen LogP contribution in [0.25, 0.3) is 79.0 Å². The van der Waals surface area contributed by atoms with Gasteiger partial charge in [-0.05, 0) is 88.5 Å². The van der Waals surface area contributed by atoms with E-state index in [1.165, 1.54) is 54.1 Å². The molecule has 3 nitrogen and oxygen atoms in total. The van der Waals surface area contributed by atoms with Gasteiger partial charge in [0.15, 0.2) is 5.82 Å². The van der Waals surface area contributed by atoms with Crippen molar-refractivity contribution in [3.63, 3.8) is 0 Å². The molecule has 0 bridgehead atoms. The highest BCUT2D eigenvalue weighted by atomic mass is 32.1. The van der Waals surface area contributed by atoms with Crippen LogP contribution in [-0.4, -0.2) is 9.97 Å². The van der Waals surface area contributed by atoms with Crippen molar-refractivity contribution in [1.29, 1.82) is 0 Å². The first-order chi connectivity index (χ1) is 26.0. The van der Waals surface area contributed by atoms with Gasteiger partial charge in [0.25, 0.3) is 0 Å². The molecule has 0 radical (unpaired) electrons. The minimum absolute atomic E-state index is 0.132. The summed E-state index contributed by atoms with van der Waals surface area (Å²) in [6, 6.07) is 41.3. The van der Waals surface area contributed by atoms with Gasteiger partial charge < -0.3 is 4.42 Å². The van der Waals surface area contributed by atoms with Crippen LogP contribution in [0.5, 0.6) is 0 Å². The molecular formula is C49H36N2OS. The number of hydrogen-bond acceptors (Lipinski definition) is 4. The van der Waals surface area contributed by atoms with E-state index < -0.39 is 0 Å². The number of aryl methyl sites for hydroxylation is 1. The summed E-state index contributed by atoms with van der Waals surface area (Å²) in [5, 5.41) is 2.33. The fraction of sp³-hybridized carbons (Fsp3) is 0.143. The Kier molecular flexibility index (Phi) is 6.72. The van der Waals surface area contributed by atoms with Crippen LogP contribution in [0, 0.1) is 0 Å². The lowest BCUT2D eigenvalue weighted by Crippen LogP contribution is -2.14. The molecule has 0 fully saturated rings. The lowest BCUT2D eigenvalue weighted by molar-refractivity contribution is 0.653. The molecule has 1 unspecified atom stereocenters. The maximum atomic E-state index is 6.59. The summed E-state index contributed by atoms with van der Waals surface area (Å²) in [5.41, 5.74) is 16.2. The van der Waals surface area contributed by atoms with E-state index in [1.54, 1.807) is 0 Å². The first-order valence-corrected chi connectivity index (χ1v) is 19.5. The zero-order valence-electron chi connectivity index (χ0n) is 29.7. The standard InChI is InChI=1S/C49H36N2OS/c1-49(2)39-22-19-31(26-38(39)46-40(49)23-21-36-34-15-6-8-17-43(34)52-47(36)46)30-13-10-14-33(25-30)48-50-41(29-11-4-3-5-12-29)28-42(51-48)32-20-24-45-37(27-32)35-16-7-9-18-44(35)53-45/h3-8,10-17,19-26,28,32H,9,18,27H2,1-2H3. The predicted molar refractivity (Wildman–Crippen MR) is 220 cm³/mol. The zero-order valence-corrected chi connectivity index (χ0v) is 30.5. The van der Waals surface area contributed by atoms with E-state index in [1.807, 2.05) is 17.4 Å². The number of rotatable bonds is 4. The van der Waals surface area contributed by atoms with Crippen LogP contribution < -0.4 is 0 Å². The van der Waals surface area contributed by atoms with Gasteiger partial charge >= 0.3 is 0 Å². The number of aromatic nitrogens is 2. The molecule has 3 heterocycles. The van der Waals surface area contributed by atoms with E-state index in [0.717, 1.165) is 69.7 Å². The van der Waals surface area contributed by atoms with Crippen molar-refractivity contribution in [2.75, 3.05) is 0 Å². The van der Waals surface area contributed by atoms with Gasteiger partial charge in [-0.3, -0.25) is 0 Å². The molecule has 3 aliphatic rings.